The normalized spacial score (nSPS) is 11.7. The van der Waals surface area contributed by atoms with Crippen LogP contribution in [0.5, 0.6) is 0 Å². The Balaban J connectivity index is 1.57. The van der Waals surface area contributed by atoms with Gasteiger partial charge in [-0.3, -0.25) is 4.40 Å². The first-order valence-corrected chi connectivity index (χ1v) is 10.4. The lowest BCUT2D eigenvalue weighted by molar-refractivity contribution is 0.559. The van der Waals surface area contributed by atoms with E-state index >= 15 is 0 Å². The molecule has 3 heterocycles. The highest BCUT2D eigenvalue weighted by atomic mass is 79.9. The van der Waals surface area contributed by atoms with Crippen LogP contribution in [0.2, 0.25) is 0 Å². The Morgan fingerprint density at radius 2 is 2.04 bits per heavy atom. The van der Waals surface area contributed by atoms with Gasteiger partial charge >= 0.3 is 5.63 Å². The molecule has 3 aromatic heterocycles. The van der Waals surface area contributed by atoms with Gasteiger partial charge in [0.15, 0.2) is 5.16 Å². The lowest BCUT2D eigenvalue weighted by atomic mass is 10.1. The van der Waals surface area contributed by atoms with Gasteiger partial charge in [0, 0.05) is 21.7 Å². The fraction of sp³-hybridized carbons (Fsp3) is 0.0556. The van der Waals surface area contributed by atoms with E-state index < -0.39 is 0 Å². The molecule has 0 atom stereocenters. The summed E-state index contributed by atoms with van der Waals surface area (Å²) < 4.78 is 9.43. The lowest BCUT2D eigenvalue weighted by Gasteiger charge is -2.05. The van der Waals surface area contributed by atoms with Crippen molar-refractivity contribution in [3.8, 4) is 0 Å². The van der Waals surface area contributed by atoms with Gasteiger partial charge in [0.1, 0.15) is 5.58 Å². The van der Waals surface area contributed by atoms with Crippen LogP contribution in [0.25, 0.3) is 26.1 Å². The maximum absolute atomic E-state index is 11.9. The Kier molecular flexibility index (Phi) is 3.84. The second-order valence-electron chi connectivity index (χ2n) is 5.69. The minimum Gasteiger partial charge on any atom is -0.423 e. The Morgan fingerprint density at radius 1 is 1.15 bits per heavy atom. The Bertz CT molecular complexity index is 1340. The Hall–Kier alpha value is -2.16. The SMILES string of the molecule is O=c1cc(CSc2nnc3sc4ccccc4n23)c2ccc(Br)cc2o1. The summed E-state index contributed by atoms with van der Waals surface area (Å²) in [6.45, 7) is 0. The van der Waals surface area contributed by atoms with Gasteiger partial charge in [-0.05, 0) is 35.9 Å². The maximum Gasteiger partial charge on any atom is 0.336 e. The predicted molar refractivity (Wildman–Crippen MR) is 108 cm³/mol. The van der Waals surface area contributed by atoms with E-state index in [0.717, 1.165) is 31.1 Å². The molecular weight excluding hydrogens is 434 g/mol. The van der Waals surface area contributed by atoms with Gasteiger partial charge in [0.2, 0.25) is 4.96 Å². The van der Waals surface area contributed by atoms with Crippen molar-refractivity contribution in [1.82, 2.24) is 14.6 Å². The summed E-state index contributed by atoms with van der Waals surface area (Å²) in [5.74, 6) is 0.606. The lowest BCUT2D eigenvalue weighted by Crippen LogP contribution is -2.00. The number of hydrogen-bond donors (Lipinski definition) is 0. The smallest absolute Gasteiger partial charge is 0.336 e. The second-order valence-corrected chi connectivity index (χ2v) is 8.56. The number of benzene rings is 2. The van der Waals surface area contributed by atoms with Crippen molar-refractivity contribution in [2.75, 3.05) is 0 Å². The molecule has 0 amide bonds. The summed E-state index contributed by atoms with van der Waals surface area (Å²) in [6.07, 6.45) is 0. The molecule has 5 rings (SSSR count). The molecule has 0 saturated heterocycles. The van der Waals surface area contributed by atoms with E-state index in [1.54, 1.807) is 29.2 Å². The number of thiazole rings is 1. The highest BCUT2D eigenvalue weighted by molar-refractivity contribution is 9.10. The van der Waals surface area contributed by atoms with Crippen molar-refractivity contribution >= 4 is 65.2 Å². The zero-order valence-electron chi connectivity index (χ0n) is 13.2. The molecule has 5 aromatic rings. The second kappa shape index (κ2) is 6.22. The number of fused-ring (bicyclic) bond motifs is 4. The first-order valence-electron chi connectivity index (χ1n) is 7.77. The number of para-hydroxylation sites is 1. The van der Waals surface area contributed by atoms with E-state index in [1.165, 1.54) is 4.70 Å². The highest BCUT2D eigenvalue weighted by Gasteiger charge is 2.14. The van der Waals surface area contributed by atoms with Crippen LogP contribution in [0.1, 0.15) is 5.56 Å². The van der Waals surface area contributed by atoms with Crippen LogP contribution in [0, 0.1) is 0 Å². The van der Waals surface area contributed by atoms with Crippen molar-refractivity contribution < 1.29 is 4.42 Å². The molecule has 0 spiro atoms. The van der Waals surface area contributed by atoms with E-state index in [0.29, 0.717) is 11.3 Å². The topological polar surface area (TPSA) is 60.4 Å². The van der Waals surface area contributed by atoms with Crippen molar-refractivity contribution in [3.05, 3.63) is 69.0 Å². The minimum absolute atomic E-state index is 0.349. The number of rotatable bonds is 3. The van der Waals surface area contributed by atoms with E-state index in [1.807, 2.05) is 30.3 Å². The average Bonchev–Trinajstić information content (AvgIpc) is 3.18. The third-order valence-electron chi connectivity index (χ3n) is 4.06. The molecule has 5 nitrogen and oxygen atoms in total. The van der Waals surface area contributed by atoms with Gasteiger partial charge in [-0.25, -0.2) is 4.79 Å². The molecule has 0 unspecified atom stereocenters. The Morgan fingerprint density at radius 3 is 2.96 bits per heavy atom. The van der Waals surface area contributed by atoms with E-state index in [9.17, 15) is 4.79 Å². The van der Waals surface area contributed by atoms with Gasteiger partial charge in [-0.2, -0.15) is 0 Å². The van der Waals surface area contributed by atoms with Crippen LogP contribution in [0.4, 0.5) is 0 Å². The third-order valence-corrected chi connectivity index (χ3v) is 6.54. The summed E-state index contributed by atoms with van der Waals surface area (Å²) in [5, 5.41) is 10.3. The molecule has 0 bridgehead atoms. The van der Waals surface area contributed by atoms with E-state index in [4.69, 9.17) is 4.42 Å². The van der Waals surface area contributed by atoms with Gasteiger partial charge in [0.05, 0.1) is 10.2 Å². The van der Waals surface area contributed by atoms with Gasteiger partial charge in [-0.1, -0.05) is 51.2 Å². The van der Waals surface area contributed by atoms with Crippen molar-refractivity contribution in [1.29, 1.82) is 0 Å². The molecule has 0 saturated carbocycles. The van der Waals surface area contributed by atoms with Crippen LogP contribution in [0.3, 0.4) is 0 Å². The average molecular weight is 444 g/mol. The zero-order valence-corrected chi connectivity index (χ0v) is 16.4. The van der Waals surface area contributed by atoms with Gasteiger partial charge in [-0.15, -0.1) is 10.2 Å². The summed E-state index contributed by atoms with van der Waals surface area (Å²) in [4.78, 5) is 12.8. The summed E-state index contributed by atoms with van der Waals surface area (Å²) in [5.41, 5.74) is 2.25. The number of halogens is 1. The molecular formula is C18H10BrN3O2S2. The number of aromatic nitrogens is 3. The fourth-order valence-electron chi connectivity index (χ4n) is 2.91. The third kappa shape index (κ3) is 2.65. The number of thioether (sulfide) groups is 1. The molecule has 128 valence electrons. The standard InChI is InChI=1S/C18H10BrN3O2S2/c19-11-5-6-12-10(7-16(23)24-14(12)8-11)9-25-17-20-21-18-22(17)13-3-1-2-4-15(13)26-18/h1-8H,9H2. The van der Waals surface area contributed by atoms with Crippen molar-refractivity contribution in [2.45, 2.75) is 10.9 Å². The molecule has 0 N–H and O–H groups in total. The molecule has 0 fully saturated rings. The first kappa shape index (κ1) is 16.0. The largest absolute Gasteiger partial charge is 0.423 e. The highest BCUT2D eigenvalue weighted by Crippen LogP contribution is 2.32. The molecule has 26 heavy (non-hydrogen) atoms. The van der Waals surface area contributed by atoms with Crippen LogP contribution in [0.15, 0.2) is 67.4 Å². The minimum atomic E-state index is -0.349. The van der Waals surface area contributed by atoms with E-state index in [2.05, 4.69) is 42.7 Å². The zero-order chi connectivity index (χ0) is 17.7. The van der Waals surface area contributed by atoms with Crippen LogP contribution < -0.4 is 5.63 Å². The monoisotopic (exact) mass is 443 g/mol. The number of nitrogens with zero attached hydrogens (tertiary/aromatic N) is 3. The van der Waals surface area contributed by atoms with Crippen molar-refractivity contribution in [2.24, 2.45) is 0 Å². The molecule has 2 aromatic carbocycles. The summed E-state index contributed by atoms with van der Waals surface area (Å²) in [7, 11) is 0. The molecule has 0 aliphatic carbocycles. The maximum atomic E-state index is 11.9. The molecule has 0 radical (unpaired) electrons. The fourth-order valence-corrected chi connectivity index (χ4v) is 5.21. The summed E-state index contributed by atoms with van der Waals surface area (Å²) in [6, 6.07) is 15.4. The quantitative estimate of drug-likeness (QED) is 0.286. The van der Waals surface area contributed by atoms with Crippen LogP contribution >= 0.6 is 39.0 Å². The molecule has 0 aliphatic heterocycles. The van der Waals surface area contributed by atoms with Crippen molar-refractivity contribution in [3.63, 3.8) is 0 Å². The van der Waals surface area contributed by atoms with E-state index in [-0.39, 0.29) is 5.63 Å². The molecule has 8 heteroatoms. The Labute approximate surface area is 163 Å². The summed E-state index contributed by atoms with van der Waals surface area (Å²) >= 11 is 6.59. The first-order chi connectivity index (χ1) is 12.7. The van der Waals surface area contributed by atoms with Crippen LogP contribution in [-0.4, -0.2) is 14.6 Å². The van der Waals surface area contributed by atoms with Gasteiger partial charge in [0.25, 0.3) is 0 Å². The molecule has 0 aliphatic rings. The van der Waals surface area contributed by atoms with Gasteiger partial charge < -0.3 is 4.42 Å². The number of hydrogen-bond acceptors (Lipinski definition) is 6. The van der Waals surface area contributed by atoms with Crippen LogP contribution in [-0.2, 0) is 5.75 Å². The predicted octanol–water partition coefficient (Wildman–Crippen LogP) is 5.11.